The highest BCUT2D eigenvalue weighted by molar-refractivity contribution is 6.99. The Morgan fingerprint density at radius 3 is 1.63 bits per heavy atom. The first-order valence-corrected chi connectivity index (χ1v) is 20.4. The van der Waals surface area contributed by atoms with Gasteiger partial charge in [0.15, 0.2) is 5.78 Å². The number of nitrogens with zero attached hydrogens (tertiary/aromatic N) is 2. The molecule has 2 aromatic rings. The van der Waals surface area contributed by atoms with E-state index in [4.69, 9.17) is 23.4 Å². The summed E-state index contributed by atoms with van der Waals surface area (Å²) in [4.78, 5) is 39.3. The average Bonchev–Trinajstić information content (AvgIpc) is 3.54. The lowest BCUT2D eigenvalue weighted by Crippen LogP contribution is -2.66. The minimum absolute atomic E-state index is 0.0959. The molecule has 11 nitrogen and oxygen atoms in total. The van der Waals surface area contributed by atoms with Gasteiger partial charge in [-0.1, -0.05) is 93.3 Å². The van der Waals surface area contributed by atoms with Crippen LogP contribution >= 0.6 is 0 Å². The second-order valence-corrected chi connectivity index (χ2v) is 21.9. The van der Waals surface area contributed by atoms with Crippen LogP contribution in [0.3, 0.4) is 0 Å². The summed E-state index contributed by atoms with van der Waals surface area (Å²) in [7, 11) is -2.73. The molecule has 298 valence electrons. The van der Waals surface area contributed by atoms with Crippen molar-refractivity contribution >= 4 is 36.7 Å². The third-order valence-electron chi connectivity index (χ3n) is 9.05. The quantitative estimate of drug-likeness (QED) is 0.269. The summed E-state index contributed by atoms with van der Waals surface area (Å²) >= 11 is 0. The molecular formula is C42H62N2O9Si. The summed E-state index contributed by atoms with van der Waals surface area (Å²) in [5.74, 6) is 5.86. The van der Waals surface area contributed by atoms with Crippen LogP contribution in [0.1, 0.15) is 96.9 Å². The molecule has 0 aliphatic carbocycles. The van der Waals surface area contributed by atoms with Crippen molar-refractivity contribution in [2.45, 2.75) is 143 Å². The highest BCUT2D eigenvalue weighted by atomic mass is 28.4. The standard InChI is InChI=1S/C30H41NO5Si.C12H21NO4/c1-28(2,3)36-27(33)31-25(22-34-30(31,7)8)26(32)20-15-21-35-37(29(4,5)6,23-16-11-9-12-17-23)24-18-13-10-14-19-24;1-8(14)9-7-16-12(5,6)13(9)10(15)17-11(2,3)4/h9-14,16-19,25-26,32H,21-22H2,1-8H3;9H,7H2,1-6H3/t25-,26+;9-/m00/s1. The highest BCUT2D eigenvalue weighted by Crippen LogP contribution is 2.37. The number of carbonyl (C=O) groups is 3. The van der Waals surface area contributed by atoms with E-state index in [1.54, 1.807) is 48.5 Å². The van der Waals surface area contributed by atoms with Crippen LogP contribution in [0.4, 0.5) is 9.59 Å². The van der Waals surface area contributed by atoms with Gasteiger partial charge in [0.2, 0.25) is 0 Å². The number of hydrogen-bond acceptors (Lipinski definition) is 9. The number of aliphatic hydroxyl groups is 1. The predicted octanol–water partition coefficient (Wildman–Crippen LogP) is 6.25. The second kappa shape index (κ2) is 17.0. The number of amides is 2. The zero-order chi connectivity index (χ0) is 40.9. The molecule has 12 heteroatoms. The van der Waals surface area contributed by atoms with Crippen LogP contribution in [0.15, 0.2) is 60.7 Å². The van der Waals surface area contributed by atoms with E-state index in [0.29, 0.717) is 0 Å². The van der Waals surface area contributed by atoms with Crippen LogP contribution in [-0.2, 0) is 28.2 Å². The van der Waals surface area contributed by atoms with E-state index in [-0.39, 0.29) is 30.6 Å². The molecular weight excluding hydrogens is 705 g/mol. The van der Waals surface area contributed by atoms with Crippen LogP contribution in [0, 0.1) is 11.8 Å². The monoisotopic (exact) mass is 766 g/mol. The molecule has 3 atom stereocenters. The minimum Gasteiger partial charge on any atom is -0.444 e. The Labute approximate surface area is 323 Å². The number of benzene rings is 2. The van der Waals surface area contributed by atoms with Crippen LogP contribution in [0.2, 0.25) is 5.04 Å². The molecule has 0 radical (unpaired) electrons. The number of hydrogen-bond donors (Lipinski definition) is 1. The van der Waals surface area contributed by atoms with Crippen molar-refractivity contribution in [2.24, 2.45) is 0 Å². The van der Waals surface area contributed by atoms with Crippen LogP contribution in [-0.4, -0.2) is 102 Å². The lowest BCUT2D eigenvalue weighted by Gasteiger charge is -2.42. The zero-order valence-electron chi connectivity index (χ0n) is 34.7. The second-order valence-electron chi connectivity index (χ2n) is 17.6. The van der Waals surface area contributed by atoms with Gasteiger partial charge in [-0.2, -0.15) is 0 Å². The van der Waals surface area contributed by atoms with Gasteiger partial charge in [-0.05, 0) is 91.6 Å². The predicted molar refractivity (Wildman–Crippen MR) is 212 cm³/mol. The fourth-order valence-corrected chi connectivity index (χ4v) is 11.1. The lowest BCUT2D eigenvalue weighted by molar-refractivity contribution is -0.122. The average molecular weight is 767 g/mol. The van der Waals surface area contributed by atoms with E-state index in [1.165, 1.54) is 16.7 Å². The molecule has 2 aliphatic rings. The molecule has 2 aliphatic heterocycles. The normalized spacial score (nSPS) is 20.2. The molecule has 0 aromatic heterocycles. The Morgan fingerprint density at radius 2 is 1.20 bits per heavy atom. The van der Waals surface area contributed by atoms with Gasteiger partial charge in [0.25, 0.3) is 8.32 Å². The van der Waals surface area contributed by atoms with Crippen molar-refractivity contribution in [3.8, 4) is 11.8 Å². The highest BCUT2D eigenvalue weighted by Gasteiger charge is 2.51. The van der Waals surface area contributed by atoms with Gasteiger partial charge >= 0.3 is 12.2 Å². The van der Waals surface area contributed by atoms with Gasteiger partial charge in [0.1, 0.15) is 34.8 Å². The minimum atomic E-state index is -2.73. The first-order chi connectivity index (χ1) is 24.7. The fraction of sp³-hybridized carbons (Fsp3) is 0.595. The van der Waals surface area contributed by atoms with E-state index in [9.17, 15) is 19.5 Å². The summed E-state index contributed by atoms with van der Waals surface area (Å²) in [5, 5.41) is 13.1. The van der Waals surface area contributed by atoms with Crippen molar-refractivity contribution in [1.82, 2.24) is 9.80 Å². The number of aliphatic hydroxyl groups excluding tert-OH is 1. The fourth-order valence-electron chi connectivity index (χ4n) is 6.64. The Morgan fingerprint density at radius 1 is 0.778 bits per heavy atom. The molecule has 4 rings (SSSR count). The number of carbonyl (C=O) groups excluding carboxylic acids is 3. The third-order valence-corrected chi connectivity index (χ3v) is 14.0. The lowest BCUT2D eigenvalue weighted by atomic mass is 10.1. The molecule has 54 heavy (non-hydrogen) atoms. The third kappa shape index (κ3) is 10.9. The number of ether oxygens (including phenoxy) is 4. The topological polar surface area (TPSA) is 124 Å². The Balaban J connectivity index is 0.000000386. The summed E-state index contributed by atoms with van der Waals surface area (Å²) in [6, 6.07) is 19.5. The molecule has 0 saturated carbocycles. The van der Waals surface area contributed by atoms with E-state index in [0.717, 1.165) is 10.4 Å². The van der Waals surface area contributed by atoms with Gasteiger partial charge in [-0.3, -0.25) is 14.6 Å². The molecule has 2 fully saturated rings. The maximum Gasteiger partial charge on any atom is 0.413 e. The van der Waals surface area contributed by atoms with Crippen molar-refractivity contribution < 1.29 is 42.9 Å². The molecule has 2 saturated heterocycles. The smallest absolute Gasteiger partial charge is 0.413 e. The van der Waals surface area contributed by atoms with E-state index < -0.39 is 61.3 Å². The van der Waals surface area contributed by atoms with Gasteiger partial charge in [-0.15, -0.1) is 0 Å². The maximum absolute atomic E-state index is 12.9. The van der Waals surface area contributed by atoms with Gasteiger partial charge in [-0.25, -0.2) is 9.59 Å². The van der Waals surface area contributed by atoms with Gasteiger partial charge < -0.3 is 28.5 Å². The Hall–Kier alpha value is -3.73. The number of Topliss-reactive ketones (excluding diaryl/α,β-unsaturated/α-hetero) is 1. The Bertz CT molecular complexity index is 1610. The largest absolute Gasteiger partial charge is 0.444 e. The number of ketones is 1. The van der Waals surface area contributed by atoms with E-state index >= 15 is 0 Å². The summed E-state index contributed by atoms with van der Waals surface area (Å²) < 4.78 is 28.9. The molecule has 0 spiro atoms. The van der Waals surface area contributed by atoms with E-state index in [2.05, 4.69) is 56.9 Å². The van der Waals surface area contributed by atoms with Crippen molar-refractivity contribution in [2.75, 3.05) is 19.8 Å². The number of rotatable bonds is 6. The van der Waals surface area contributed by atoms with Crippen LogP contribution in [0.5, 0.6) is 0 Å². The molecule has 0 unspecified atom stereocenters. The van der Waals surface area contributed by atoms with E-state index in [1.807, 2.05) is 57.2 Å². The molecule has 2 amide bonds. The van der Waals surface area contributed by atoms with Gasteiger partial charge in [0.05, 0.1) is 25.9 Å². The van der Waals surface area contributed by atoms with Crippen LogP contribution in [0.25, 0.3) is 0 Å². The van der Waals surface area contributed by atoms with Gasteiger partial charge in [0, 0.05) is 0 Å². The first-order valence-electron chi connectivity index (χ1n) is 18.5. The SMILES string of the molecule is CC(=O)[C@@H]1COC(C)(C)N1C(=O)OC(C)(C)C.CC(C)(C)OC(=O)N1[C@H]([C@H](O)C#CCO[Si](c2ccccc2)(c2ccccc2)C(C)(C)C)COC1(C)C. The molecule has 2 aromatic carbocycles. The maximum atomic E-state index is 12.9. The van der Waals surface area contributed by atoms with Crippen molar-refractivity contribution in [3.05, 3.63) is 60.7 Å². The first kappa shape index (κ1) is 44.7. The van der Waals surface area contributed by atoms with Crippen molar-refractivity contribution in [3.63, 3.8) is 0 Å². The van der Waals surface area contributed by atoms with Crippen molar-refractivity contribution in [1.29, 1.82) is 0 Å². The zero-order valence-corrected chi connectivity index (χ0v) is 35.7. The molecule has 1 N–H and O–H groups in total. The summed E-state index contributed by atoms with van der Waals surface area (Å²) in [6.07, 6.45) is -2.17. The van der Waals surface area contributed by atoms with Crippen LogP contribution < -0.4 is 10.4 Å². The summed E-state index contributed by atoms with van der Waals surface area (Å²) in [6.45, 7) is 26.5. The summed E-state index contributed by atoms with van der Waals surface area (Å²) in [5.41, 5.74) is -2.97. The molecule has 0 bridgehead atoms. The molecule has 2 heterocycles. The Kier molecular flexibility index (Phi) is 14.0.